The summed E-state index contributed by atoms with van der Waals surface area (Å²) in [5.74, 6) is 0.724. The Morgan fingerprint density at radius 1 is 1.19 bits per heavy atom. The Labute approximate surface area is 153 Å². The molecule has 0 atom stereocenters. The van der Waals surface area contributed by atoms with E-state index in [1.54, 1.807) is 24.8 Å². The predicted molar refractivity (Wildman–Crippen MR) is 101 cm³/mol. The van der Waals surface area contributed by atoms with Gasteiger partial charge in [-0.15, -0.1) is 0 Å². The van der Waals surface area contributed by atoms with E-state index < -0.39 is 4.92 Å². The van der Waals surface area contributed by atoms with Gasteiger partial charge in [0.1, 0.15) is 5.82 Å². The van der Waals surface area contributed by atoms with Gasteiger partial charge >= 0.3 is 5.69 Å². The summed E-state index contributed by atoms with van der Waals surface area (Å²) in [6.45, 7) is 0.618. The van der Waals surface area contributed by atoms with Crippen LogP contribution in [0, 0.1) is 10.1 Å². The fourth-order valence-electron chi connectivity index (χ4n) is 2.69. The number of imidazole rings is 1. The first-order valence-corrected chi connectivity index (χ1v) is 8.26. The fourth-order valence-corrected chi connectivity index (χ4v) is 2.69. The van der Waals surface area contributed by atoms with Gasteiger partial charge in [-0.25, -0.2) is 9.97 Å². The van der Waals surface area contributed by atoms with Crippen molar-refractivity contribution in [2.24, 2.45) is 0 Å². The summed E-state index contributed by atoms with van der Waals surface area (Å²) in [5, 5.41) is 25.3. The number of hydrogen-bond acceptors (Lipinski definition) is 7. The molecule has 0 radical (unpaired) electrons. The highest BCUT2D eigenvalue weighted by atomic mass is 16.6. The number of nitrogens with zero attached hydrogens (tertiary/aromatic N) is 4. The predicted octanol–water partition coefficient (Wildman–Crippen LogP) is 2.99. The molecule has 136 valence electrons. The topological polar surface area (TPSA) is 137 Å². The van der Waals surface area contributed by atoms with Crippen LogP contribution in [0.2, 0.25) is 0 Å². The van der Waals surface area contributed by atoms with Gasteiger partial charge in [0, 0.05) is 42.0 Å². The Kier molecular flexibility index (Phi) is 4.35. The van der Waals surface area contributed by atoms with Crippen molar-refractivity contribution in [1.82, 2.24) is 25.1 Å². The van der Waals surface area contributed by atoms with E-state index in [2.05, 4.69) is 35.8 Å². The number of anilines is 3. The SMILES string of the molecule is O=[N+]([O-])c1ccc(NCCc2cnc[nH]2)nc1Nc1ccc2[nH]ncc2c1. The van der Waals surface area contributed by atoms with Gasteiger partial charge in [-0.2, -0.15) is 5.10 Å². The summed E-state index contributed by atoms with van der Waals surface area (Å²) in [5.41, 5.74) is 2.48. The summed E-state index contributed by atoms with van der Waals surface area (Å²) in [7, 11) is 0. The minimum absolute atomic E-state index is 0.0959. The molecular weight excluding hydrogens is 348 g/mol. The van der Waals surface area contributed by atoms with Crippen LogP contribution in [0.1, 0.15) is 5.69 Å². The van der Waals surface area contributed by atoms with E-state index in [1.807, 2.05) is 18.2 Å². The molecule has 0 spiro atoms. The van der Waals surface area contributed by atoms with E-state index in [4.69, 9.17) is 0 Å². The molecule has 0 fully saturated rings. The Morgan fingerprint density at radius 2 is 2.11 bits per heavy atom. The average molecular weight is 364 g/mol. The van der Waals surface area contributed by atoms with E-state index in [-0.39, 0.29) is 11.5 Å². The molecule has 0 unspecified atom stereocenters. The number of rotatable bonds is 7. The van der Waals surface area contributed by atoms with Crippen LogP contribution in [0.5, 0.6) is 0 Å². The van der Waals surface area contributed by atoms with Gasteiger partial charge in [-0.3, -0.25) is 15.2 Å². The van der Waals surface area contributed by atoms with Crippen molar-refractivity contribution in [1.29, 1.82) is 0 Å². The minimum Gasteiger partial charge on any atom is -0.370 e. The van der Waals surface area contributed by atoms with E-state index in [1.165, 1.54) is 6.07 Å². The second-order valence-corrected chi connectivity index (χ2v) is 5.87. The maximum Gasteiger partial charge on any atom is 0.311 e. The number of pyridine rings is 1. The summed E-state index contributed by atoms with van der Waals surface area (Å²) in [6.07, 6.45) is 5.80. The third kappa shape index (κ3) is 3.68. The fraction of sp³-hybridized carbons (Fsp3) is 0.118. The van der Waals surface area contributed by atoms with Crippen LogP contribution < -0.4 is 10.6 Å². The van der Waals surface area contributed by atoms with Crippen molar-refractivity contribution in [3.05, 3.63) is 64.9 Å². The van der Waals surface area contributed by atoms with Crippen LogP contribution in [0.15, 0.2) is 49.1 Å². The van der Waals surface area contributed by atoms with Gasteiger partial charge in [0.25, 0.3) is 0 Å². The summed E-state index contributed by atoms with van der Waals surface area (Å²) < 4.78 is 0. The van der Waals surface area contributed by atoms with Gasteiger partial charge in [-0.05, 0) is 24.3 Å². The molecule has 4 aromatic rings. The van der Waals surface area contributed by atoms with Crippen molar-refractivity contribution in [3.63, 3.8) is 0 Å². The number of benzene rings is 1. The number of hydrogen-bond donors (Lipinski definition) is 4. The monoisotopic (exact) mass is 364 g/mol. The Hall–Kier alpha value is -3.95. The van der Waals surface area contributed by atoms with Crippen molar-refractivity contribution in [2.75, 3.05) is 17.2 Å². The van der Waals surface area contributed by atoms with Gasteiger partial charge in [-0.1, -0.05) is 0 Å². The largest absolute Gasteiger partial charge is 0.370 e. The number of nitrogens with one attached hydrogen (secondary N) is 4. The molecular formula is C17H16N8O2. The molecule has 0 amide bonds. The van der Waals surface area contributed by atoms with Crippen molar-refractivity contribution >= 4 is 33.9 Å². The first-order chi connectivity index (χ1) is 13.2. The van der Waals surface area contributed by atoms with Crippen molar-refractivity contribution in [2.45, 2.75) is 6.42 Å². The van der Waals surface area contributed by atoms with Crippen LogP contribution in [-0.4, -0.2) is 36.6 Å². The smallest absolute Gasteiger partial charge is 0.311 e. The zero-order chi connectivity index (χ0) is 18.6. The molecule has 10 heteroatoms. The molecule has 4 rings (SSSR count). The number of nitro groups is 1. The molecule has 0 bridgehead atoms. The average Bonchev–Trinajstić information content (AvgIpc) is 3.33. The first kappa shape index (κ1) is 16.5. The molecule has 0 saturated carbocycles. The van der Waals surface area contributed by atoms with Gasteiger partial charge in [0.05, 0.1) is 23.0 Å². The van der Waals surface area contributed by atoms with E-state index >= 15 is 0 Å². The third-order valence-electron chi connectivity index (χ3n) is 4.03. The maximum atomic E-state index is 11.3. The quantitative estimate of drug-likeness (QED) is 0.292. The van der Waals surface area contributed by atoms with Gasteiger partial charge < -0.3 is 15.6 Å². The highest BCUT2D eigenvalue weighted by molar-refractivity contribution is 5.83. The lowest BCUT2D eigenvalue weighted by Gasteiger charge is -2.10. The molecule has 0 aliphatic carbocycles. The Bertz CT molecular complexity index is 1070. The molecule has 0 saturated heterocycles. The van der Waals surface area contributed by atoms with Crippen molar-refractivity contribution in [3.8, 4) is 0 Å². The zero-order valence-electron chi connectivity index (χ0n) is 14.1. The molecule has 3 heterocycles. The first-order valence-electron chi connectivity index (χ1n) is 8.26. The normalized spacial score (nSPS) is 10.8. The molecule has 3 aromatic heterocycles. The summed E-state index contributed by atoms with van der Waals surface area (Å²) >= 11 is 0. The van der Waals surface area contributed by atoms with E-state index in [0.29, 0.717) is 18.1 Å². The number of aromatic nitrogens is 5. The number of aromatic amines is 2. The highest BCUT2D eigenvalue weighted by Gasteiger charge is 2.16. The standard InChI is InChI=1S/C17H16N8O2/c26-25(27)15-3-4-16(19-6-5-13-9-18-10-20-13)23-17(15)22-12-1-2-14-11(7-12)8-21-24-14/h1-4,7-10H,5-6H2,(H,18,20)(H,21,24)(H2,19,22,23). The molecule has 0 aliphatic heterocycles. The Balaban J connectivity index is 1.54. The van der Waals surface area contributed by atoms with Crippen LogP contribution in [-0.2, 0) is 6.42 Å². The van der Waals surface area contributed by atoms with Crippen LogP contribution in [0.3, 0.4) is 0 Å². The second kappa shape index (κ2) is 7.12. The highest BCUT2D eigenvalue weighted by Crippen LogP contribution is 2.28. The maximum absolute atomic E-state index is 11.3. The van der Waals surface area contributed by atoms with Gasteiger partial charge in [0.15, 0.2) is 0 Å². The van der Waals surface area contributed by atoms with Gasteiger partial charge in [0.2, 0.25) is 5.82 Å². The lowest BCUT2D eigenvalue weighted by molar-refractivity contribution is -0.384. The van der Waals surface area contributed by atoms with E-state index in [9.17, 15) is 10.1 Å². The second-order valence-electron chi connectivity index (χ2n) is 5.87. The summed E-state index contributed by atoms with van der Waals surface area (Å²) in [6, 6.07) is 8.54. The molecule has 0 aliphatic rings. The molecule has 4 N–H and O–H groups in total. The molecule has 27 heavy (non-hydrogen) atoms. The number of H-pyrrole nitrogens is 2. The minimum atomic E-state index is -0.458. The Morgan fingerprint density at radius 3 is 2.93 bits per heavy atom. The zero-order valence-corrected chi connectivity index (χ0v) is 14.1. The molecule has 10 nitrogen and oxygen atoms in total. The third-order valence-corrected chi connectivity index (χ3v) is 4.03. The number of fused-ring (bicyclic) bond motifs is 1. The van der Waals surface area contributed by atoms with Crippen LogP contribution in [0.25, 0.3) is 10.9 Å². The lowest BCUT2D eigenvalue weighted by atomic mass is 10.2. The van der Waals surface area contributed by atoms with Crippen molar-refractivity contribution < 1.29 is 4.92 Å². The van der Waals surface area contributed by atoms with Crippen LogP contribution in [0.4, 0.5) is 23.0 Å². The lowest BCUT2D eigenvalue weighted by Crippen LogP contribution is -2.08. The molecule has 1 aromatic carbocycles. The van der Waals surface area contributed by atoms with Crippen LogP contribution >= 0.6 is 0 Å². The summed E-state index contributed by atoms with van der Waals surface area (Å²) in [4.78, 5) is 22.2. The van der Waals surface area contributed by atoms with E-state index in [0.717, 1.165) is 23.0 Å².